The van der Waals surface area contributed by atoms with Crippen LogP contribution < -0.4 is 10.4 Å². The minimum atomic E-state index is -4.39. The zero-order valence-corrected chi connectivity index (χ0v) is 24.0. The van der Waals surface area contributed by atoms with Gasteiger partial charge in [-0.1, -0.05) is 36.8 Å². The SMILES string of the molecule is CCNOS(=O)(=O)c1cc(N2C(=O)c3ccc4c5c(ccc(c35)C2=O)C(=O)N(C)C4=O)ccc1-c1ccc(C)cc1C. The number of hydroxylamine groups is 1. The summed E-state index contributed by atoms with van der Waals surface area (Å²) < 4.78 is 31.8. The number of amides is 4. The van der Waals surface area contributed by atoms with Gasteiger partial charge in [-0.2, -0.15) is 18.2 Å². The number of hydrogen-bond donors (Lipinski definition) is 1. The van der Waals surface area contributed by atoms with E-state index in [1.54, 1.807) is 19.1 Å². The number of anilines is 1. The maximum absolute atomic E-state index is 13.9. The van der Waals surface area contributed by atoms with Crippen LogP contribution in [0.3, 0.4) is 0 Å². The van der Waals surface area contributed by atoms with Gasteiger partial charge in [0.25, 0.3) is 23.6 Å². The van der Waals surface area contributed by atoms with E-state index in [9.17, 15) is 27.6 Å². The van der Waals surface area contributed by atoms with Crippen molar-refractivity contribution in [2.45, 2.75) is 25.7 Å². The van der Waals surface area contributed by atoms with Crippen LogP contribution in [0.25, 0.3) is 21.9 Å². The van der Waals surface area contributed by atoms with Gasteiger partial charge in [0.05, 0.1) is 5.69 Å². The molecule has 0 aromatic heterocycles. The zero-order valence-electron chi connectivity index (χ0n) is 23.1. The summed E-state index contributed by atoms with van der Waals surface area (Å²) in [4.78, 5) is 55.1. The van der Waals surface area contributed by atoms with Crippen molar-refractivity contribution in [3.63, 3.8) is 0 Å². The molecule has 0 bridgehead atoms. The summed E-state index contributed by atoms with van der Waals surface area (Å²) in [6.45, 7) is 5.68. The van der Waals surface area contributed by atoms with E-state index in [0.717, 1.165) is 20.9 Å². The van der Waals surface area contributed by atoms with E-state index in [4.69, 9.17) is 4.28 Å². The van der Waals surface area contributed by atoms with Crippen LogP contribution in [0.4, 0.5) is 5.69 Å². The lowest BCUT2D eigenvalue weighted by Gasteiger charge is -2.31. The fourth-order valence-corrected chi connectivity index (χ4v) is 6.68. The Hall–Kier alpha value is -4.71. The molecule has 11 heteroatoms. The lowest BCUT2D eigenvalue weighted by atomic mass is 9.86. The summed E-state index contributed by atoms with van der Waals surface area (Å²) in [6.07, 6.45) is 0. The summed E-state index contributed by atoms with van der Waals surface area (Å²) in [5, 5.41) is 0.480. The third-order valence-electron chi connectivity index (χ3n) is 7.58. The van der Waals surface area contributed by atoms with Crippen LogP contribution in [0, 0.1) is 13.8 Å². The number of benzene rings is 4. The number of rotatable bonds is 6. The van der Waals surface area contributed by atoms with Gasteiger partial charge >= 0.3 is 10.1 Å². The Kier molecular flexibility index (Phi) is 6.34. The van der Waals surface area contributed by atoms with Crippen molar-refractivity contribution in [3.8, 4) is 11.1 Å². The molecule has 42 heavy (non-hydrogen) atoms. The standard InChI is InChI=1S/C31H25N3O7S/c1-5-32-41-42(39,40)25-15-18(7-9-20(25)19-8-6-16(2)14-17(19)3)34-30(37)23-12-10-21-26-22(29(36)33(4)28(21)35)11-13-24(27(23)26)31(34)38/h6-15,32H,5H2,1-4H3. The Morgan fingerprint density at radius 1 is 0.690 bits per heavy atom. The number of nitrogens with zero attached hydrogens (tertiary/aromatic N) is 2. The van der Waals surface area contributed by atoms with E-state index < -0.39 is 33.7 Å². The molecule has 0 fully saturated rings. The summed E-state index contributed by atoms with van der Waals surface area (Å²) in [5.74, 6) is -2.50. The van der Waals surface area contributed by atoms with Gasteiger partial charge in [-0.3, -0.25) is 24.1 Å². The first-order chi connectivity index (χ1) is 20.0. The fourth-order valence-electron chi connectivity index (χ4n) is 5.61. The maximum atomic E-state index is 13.9. The molecular formula is C31H25N3O7S. The molecule has 2 heterocycles. The quantitative estimate of drug-likeness (QED) is 0.262. The van der Waals surface area contributed by atoms with Crippen LogP contribution in [0.5, 0.6) is 0 Å². The van der Waals surface area contributed by atoms with E-state index >= 15 is 0 Å². The normalized spacial score (nSPS) is 14.8. The third kappa shape index (κ3) is 3.97. The van der Waals surface area contributed by atoms with Gasteiger partial charge in [-0.15, -0.1) is 0 Å². The van der Waals surface area contributed by atoms with Crippen molar-refractivity contribution in [2.24, 2.45) is 0 Å². The molecule has 4 aromatic carbocycles. The van der Waals surface area contributed by atoms with Crippen molar-refractivity contribution in [3.05, 3.63) is 94.0 Å². The predicted molar refractivity (Wildman–Crippen MR) is 155 cm³/mol. The van der Waals surface area contributed by atoms with Crippen LogP contribution in [0.1, 0.15) is 59.5 Å². The number of aryl methyl sites for hydroxylation is 2. The lowest BCUT2D eigenvalue weighted by Crippen LogP contribution is -2.42. The molecule has 10 nitrogen and oxygen atoms in total. The van der Waals surface area contributed by atoms with E-state index in [1.165, 1.54) is 43.4 Å². The summed E-state index contributed by atoms with van der Waals surface area (Å²) in [7, 11) is -3.02. The van der Waals surface area contributed by atoms with Crippen molar-refractivity contribution in [1.29, 1.82) is 0 Å². The second-order valence-corrected chi connectivity index (χ2v) is 11.7. The van der Waals surface area contributed by atoms with E-state index in [-0.39, 0.29) is 50.2 Å². The largest absolute Gasteiger partial charge is 0.313 e. The number of nitrogens with one attached hydrogen (secondary N) is 1. The van der Waals surface area contributed by atoms with Gasteiger partial charge in [-0.05, 0) is 61.4 Å². The van der Waals surface area contributed by atoms with E-state index in [1.807, 2.05) is 26.0 Å². The molecular weight excluding hydrogens is 558 g/mol. The first-order valence-corrected chi connectivity index (χ1v) is 14.6. The topological polar surface area (TPSA) is 130 Å². The summed E-state index contributed by atoms with van der Waals surface area (Å²) in [6, 6.07) is 15.7. The average Bonchev–Trinajstić information content (AvgIpc) is 2.97. The molecule has 0 saturated heterocycles. The average molecular weight is 584 g/mol. The number of imide groups is 2. The Balaban J connectivity index is 1.54. The summed E-state index contributed by atoms with van der Waals surface area (Å²) >= 11 is 0. The second-order valence-electron chi connectivity index (χ2n) is 10.2. The van der Waals surface area contributed by atoms with Crippen LogP contribution in [0.2, 0.25) is 0 Å². The molecule has 0 unspecified atom stereocenters. The van der Waals surface area contributed by atoms with Gasteiger partial charge in [0.1, 0.15) is 4.90 Å². The van der Waals surface area contributed by atoms with Gasteiger partial charge in [0.2, 0.25) is 0 Å². The highest BCUT2D eigenvalue weighted by Gasteiger charge is 2.39. The smallest absolute Gasteiger partial charge is 0.277 e. The van der Waals surface area contributed by atoms with Crippen molar-refractivity contribution >= 4 is 50.2 Å². The van der Waals surface area contributed by atoms with Crippen LogP contribution in [-0.2, 0) is 14.4 Å². The monoisotopic (exact) mass is 583 g/mol. The first kappa shape index (κ1) is 27.5. The van der Waals surface area contributed by atoms with Gasteiger partial charge in [-0.25, -0.2) is 4.90 Å². The first-order valence-electron chi connectivity index (χ1n) is 13.1. The van der Waals surface area contributed by atoms with Crippen molar-refractivity contribution in [1.82, 2.24) is 10.4 Å². The molecule has 0 spiro atoms. The second kappa shape index (κ2) is 9.69. The fraction of sp³-hybridized carbons (Fsp3) is 0.161. The molecule has 212 valence electrons. The number of carbonyl (C=O) groups is 4. The van der Waals surface area contributed by atoms with E-state index in [0.29, 0.717) is 11.1 Å². The molecule has 0 radical (unpaired) electrons. The van der Waals surface area contributed by atoms with Crippen LogP contribution >= 0.6 is 0 Å². The number of hydrogen-bond acceptors (Lipinski definition) is 8. The molecule has 0 atom stereocenters. The Labute approximate surface area is 241 Å². The molecule has 6 rings (SSSR count). The van der Waals surface area contributed by atoms with Gasteiger partial charge in [0, 0.05) is 52.2 Å². The summed E-state index contributed by atoms with van der Waals surface area (Å²) in [5.41, 5.74) is 5.86. The molecule has 1 N–H and O–H groups in total. The van der Waals surface area contributed by atoms with Gasteiger partial charge < -0.3 is 0 Å². The van der Waals surface area contributed by atoms with Gasteiger partial charge in [0.15, 0.2) is 0 Å². The maximum Gasteiger partial charge on any atom is 0.313 e. The Morgan fingerprint density at radius 2 is 1.19 bits per heavy atom. The molecule has 0 aliphatic carbocycles. The molecule has 0 saturated carbocycles. The van der Waals surface area contributed by atoms with Crippen molar-refractivity contribution in [2.75, 3.05) is 18.5 Å². The molecule has 2 aliphatic heterocycles. The third-order valence-corrected chi connectivity index (χ3v) is 8.79. The zero-order chi connectivity index (χ0) is 30.1. The Morgan fingerprint density at radius 3 is 1.71 bits per heavy atom. The highest BCUT2D eigenvalue weighted by molar-refractivity contribution is 7.86. The Bertz CT molecular complexity index is 1950. The minimum Gasteiger partial charge on any atom is -0.277 e. The highest BCUT2D eigenvalue weighted by Crippen LogP contribution is 2.40. The van der Waals surface area contributed by atoms with Crippen molar-refractivity contribution < 1.29 is 31.9 Å². The predicted octanol–water partition coefficient (Wildman–Crippen LogP) is 4.38. The lowest BCUT2D eigenvalue weighted by molar-refractivity contribution is 0.0649. The molecule has 4 aromatic rings. The molecule has 2 aliphatic rings. The van der Waals surface area contributed by atoms with Crippen LogP contribution in [0.15, 0.2) is 65.6 Å². The number of carbonyl (C=O) groups excluding carboxylic acids is 4. The van der Waals surface area contributed by atoms with E-state index in [2.05, 4.69) is 5.48 Å². The minimum absolute atomic E-state index is 0.0168. The van der Waals surface area contributed by atoms with Crippen LogP contribution in [-0.4, -0.2) is 50.5 Å². The highest BCUT2D eigenvalue weighted by atomic mass is 32.2. The molecule has 4 amide bonds.